The van der Waals surface area contributed by atoms with Crippen LogP contribution in [0.5, 0.6) is 0 Å². The molecule has 21 heavy (non-hydrogen) atoms. The van der Waals surface area contributed by atoms with Crippen LogP contribution in [0.1, 0.15) is 38.2 Å². The average Bonchev–Trinajstić information content (AvgIpc) is 2.55. The van der Waals surface area contributed by atoms with Gasteiger partial charge in [0.1, 0.15) is 0 Å². The topological polar surface area (TPSA) is 46.3 Å². The Morgan fingerprint density at radius 1 is 1.29 bits per heavy atom. The van der Waals surface area contributed by atoms with Crippen LogP contribution in [0.4, 0.5) is 0 Å². The number of hydrogen-bond donors (Lipinski definition) is 1. The highest BCUT2D eigenvalue weighted by atomic mass is 16.2. The van der Waals surface area contributed by atoms with Gasteiger partial charge in [0.2, 0.25) is 5.91 Å². The zero-order valence-corrected chi connectivity index (χ0v) is 12.9. The molecule has 1 aromatic carbocycles. The monoisotopic (exact) mass is 286 g/mol. The van der Waals surface area contributed by atoms with Gasteiger partial charge in [0.25, 0.3) is 0 Å². The molecule has 1 amide bonds. The zero-order chi connectivity index (χ0) is 15.1. The average molecular weight is 286 g/mol. The molecule has 2 N–H and O–H groups in total. The van der Waals surface area contributed by atoms with E-state index in [0.29, 0.717) is 18.5 Å². The molecule has 1 saturated carbocycles. The quantitative estimate of drug-likeness (QED) is 0.846. The van der Waals surface area contributed by atoms with Crippen LogP contribution < -0.4 is 5.73 Å². The number of hydrogen-bond acceptors (Lipinski definition) is 2. The van der Waals surface area contributed by atoms with Gasteiger partial charge in [-0.1, -0.05) is 43.2 Å². The fraction of sp³-hybridized carbons (Fsp3) is 0.500. The van der Waals surface area contributed by atoms with Gasteiger partial charge in [0.05, 0.1) is 0 Å². The summed E-state index contributed by atoms with van der Waals surface area (Å²) in [6.07, 6.45) is 8.26. The SMILES string of the molecule is CCN(C(=O)C=Cc1ccccc1)C1CCCCC1CN. The second-order valence-corrected chi connectivity index (χ2v) is 5.72. The number of nitrogens with zero attached hydrogens (tertiary/aromatic N) is 1. The molecule has 1 aromatic rings. The van der Waals surface area contributed by atoms with Crippen LogP contribution in [0.15, 0.2) is 36.4 Å². The molecule has 1 aliphatic carbocycles. The van der Waals surface area contributed by atoms with Crippen molar-refractivity contribution in [1.29, 1.82) is 0 Å². The molecule has 114 valence electrons. The third-order valence-electron chi connectivity index (χ3n) is 4.41. The number of rotatable bonds is 5. The smallest absolute Gasteiger partial charge is 0.246 e. The number of benzene rings is 1. The molecule has 0 aromatic heterocycles. The largest absolute Gasteiger partial charge is 0.336 e. The third kappa shape index (κ3) is 4.18. The van der Waals surface area contributed by atoms with Gasteiger partial charge in [0.15, 0.2) is 0 Å². The highest BCUT2D eigenvalue weighted by Crippen LogP contribution is 2.28. The predicted molar refractivity (Wildman–Crippen MR) is 87.7 cm³/mol. The maximum Gasteiger partial charge on any atom is 0.246 e. The van der Waals surface area contributed by atoms with E-state index < -0.39 is 0 Å². The van der Waals surface area contributed by atoms with Gasteiger partial charge < -0.3 is 10.6 Å². The summed E-state index contributed by atoms with van der Waals surface area (Å²) >= 11 is 0. The molecule has 0 radical (unpaired) electrons. The van der Waals surface area contributed by atoms with E-state index >= 15 is 0 Å². The van der Waals surface area contributed by atoms with Gasteiger partial charge in [-0.05, 0) is 43.9 Å². The van der Waals surface area contributed by atoms with Crippen LogP contribution in [0, 0.1) is 5.92 Å². The maximum atomic E-state index is 12.5. The standard InChI is InChI=1S/C18H26N2O/c1-2-20(17-11-7-6-10-16(17)14-19)18(21)13-12-15-8-4-3-5-9-15/h3-5,8-9,12-13,16-17H,2,6-7,10-11,14,19H2,1H3. The second kappa shape index (κ2) is 7.99. The van der Waals surface area contributed by atoms with E-state index in [-0.39, 0.29) is 5.91 Å². The Morgan fingerprint density at radius 2 is 2.00 bits per heavy atom. The summed E-state index contributed by atoms with van der Waals surface area (Å²) in [7, 11) is 0. The van der Waals surface area contributed by atoms with Crippen molar-refractivity contribution in [2.24, 2.45) is 11.7 Å². The third-order valence-corrected chi connectivity index (χ3v) is 4.41. The summed E-state index contributed by atoms with van der Waals surface area (Å²) in [4.78, 5) is 14.5. The lowest BCUT2D eigenvalue weighted by atomic mass is 9.83. The van der Waals surface area contributed by atoms with Crippen molar-refractivity contribution in [1.82, 2.24) is 4.90 Å². The van der Waals surface area contributed by atoms with E-state index in [1.807, 2.05) is 41.3 Å². The van der Waals surface area contributed by atoms with Crippen LogP contribution in [0.3, 0.4) is 0 Å². The van der Waals surface area contributed by atoms with Gasteiger partial charge in [-0.25, -0.2) is 0 Å². The van der Waals surface area contributed by atoms with Crippen molar-refractivity contribution < 1.29 is 4.79 Å². The van der Waals surface area contributed by atoms with Gasteiger partial charge >= 0.3 is 0 Å². The fourth-order valence-electron chi connectivity index (χ4n) is 3.25. The van der Waals surface area contributed by atoms with Crippen molar-refractivity contribution in [3.63, 3.8) is 0 Å². The lowest BCUT2D eigenvalue weighted by molar-refractivity contribution is -0.129. The van der Waals surface area contributed by atoms with Crippen molar-refractivity contribution in [2.75, 3.05) is 13.1 Å². The summed E-state index contributed by atoms with van der Waals surface area (Å²) in [5.74, 6) is 0.555. The summed E-state index contributed by atoms with van der Waals surface area (Å²) in [5, 5.41) is 0. The molecule has 2 rings (SSSR count). The number of carbonyl (C=O) groups excluding carboxylic acids is 1. The van der Waals surface area contributed by atoms with Crippen molar-refractivity contribution in [3.8, 4) is 0 Å². The molecule has 2 unspecified atom stereocenters. The number of nitrogens with two attached hydrogens (primary N) is 1. The second-order valence-electron chi connectivity index (χ2n) is 5.72. The van der Waals surface area contributed by atoms with E-state index in [1.54, 1.807) is 6.08 Å². The van der Waals surface area contributed by atoms with Crippen molar-refractivity contribution in [2.45, 2.75) is 38.6 Å². The van der Waals surface area contributed by atoms with E-state index in [4.69, 9.17) is 5.73 Å². The van der Waals surface area contributed by atoms with E-state index in [2.05, 4.69) is 6.92 Å². The van der Waals surface area contributed by atoms with Crippen LogP contribution in [-0.2, 0) is 4.79 Å². The Kier molecular flexibility index (Phi) is 6.00. The molecule has 1 fully saturated rings. The molecule has 1 aliphatic rings. The Hall–Kier alpha value is -1.61. The molecule has 0 spiro atoms. The lowest BCUT2D eigenvalue weighted by Gasteiger charge is -2.38. The molecule has 2 atom stereocenters. The Labute approximate surface area is 127 Å². The zero-order valence-electron chi connectivity index (χ0n) is 12.9. The Morgan fingerprint density at radius 3 is 2.67 bits per heavy atom. The van der Waals surface area contributed by atoms with Gasteiger partial charge in [-0.2, -0.15) is 0 Å². The fourth-order valence-corrected chi connectivity index (χ4v) is 3.25. The van der Waals surface area contributed by atoms with Gasteiger partial charge in [-0.3, -0.25) is 4.79 Å². The first-order chi connectivity index (χ1) is 10.3. The molecule has 0 aliphatic heterocycles. The molecule has 0 heterocycles. The maximum absolute atomic E-state index is 12.5. The van der Waals surface area contributed by atoms with Crippen molar-refractivity contribution in [3.05, 3.63) is 42.0 Å². The Balaban J connectivity index is 2.05. The van der Waals surface area contributed by atoms with E-state index in [0.717, 1.165) is 24.9 Å². The first-order valence-electron chi connectivity index (χ1n) is 8.00. The summed E-state index contributed by atoms with van der Waals surface area (Å²) < 4.78 is 0. The molecule has 3 nitrogen and oxygen atoms in total. The minimum absolute atomic E-state index is 0.103. The first-order valence-corrected chi connectivity index (χ1v) is 8.00. The number of amides is 1. The number of carbonyl (C=O) groups is 1. The molecule has 0 bridgehead atoms. The van der Waals surface area contributed by atoms with Crippen molar-refractivity contribution >= 4 is 12.0 Å². The number of likely N-dealkylation sites (N-methyl/N-ethyl adjacent to an activating group) is 1. The van der Waals surface area contributed by atoms with E-state index in [9.17, 15) is 4.79 Å². The van der Waals surface area contributed by atoms with Crippen LogP contribution >= 0.6 is 0 Å². The Bertz CT molecular complexity index is 469. The molecular weight excluding hydrogens is 260 g/mol. The summed E-state index contributed by atoms with van der Waals surface area (Å²) in [5.41, 5.74) is 6.95. The molecule has 0 saturated heterocycles. The minimum atomic E-state index is 0.103. The van der Waals surface area contributed by atoms with E-state index in [1.165, 1.54) is 12.8 Å². The minimum Gasteiger partial charge on any atom is -0.336 e. The van der Waals surface area contributed by atoms with Crippen LogP contribution in [0.2, 0.25) is 0 Å². The first kappa shape index (κ1) is 15.8. The van der Waals surface area contributed by atoms with Crippen LogP contribution in [0.25, 0.3) is 6.08 Å². The molecule has 3 heteroatoms. The predicted octanol–water partition coefficient (Wildman–Crippen LogP) is 3.07. The molecular formula is C18H26N2O. The van der Waals surface area contributed by atoms with Gasteiger partial charge in [0, 0.05) is 18.7 Å². The highest BCUT2D eigenvalue weighted by Gasteiger charge is 2.30. The summed E-state index contributed by atoms with van der Waals surface area (Å²) in [6.45, 7) is 3.48. The van der Waals surface area contributed by atoms with Gasteiger partial charge in [-0.15, -0.1) is 0 Å². The van der Waals surface area contributed by atoms with Crippen LogP contribution in [-0.4, -0.2) is 29.9 Å². The normalized spacial score (nSPS) is 22.4. The lowest BCUT2D eigenvalue weighted by Crippen LogP contribution is -2.47. The highest BCUT2D eigenvalue weighted by molar-refractivity contribution is 5.92. The summed E-state index contributed by atoms with van der Waals surface area (Å²) in [6, 6.07) is 10.3.